The zero-order valence-electron chi connectivity index (χ0n) is 16.1. The minimum absolute atomic E-state index is 0.0385. The number of nitrogens with zero attached hydrogens (tertiary/aromatic N) is 2. The molecule has 3 rings (SSSR count). The van der Waals surface area contributed by atoms with Crippen molar-refractivity contribution in [3.05, 3.63) is 23.8 Å². The molecular weight excluding hydrogens is 334 g/mol. The summed E-state index contributed by atoms with van der Waals surface area (Å²) in [5.41, 5.74) is 0.406. The first-order valence-electron chi connectivity index (χ1n) is 8.87. The molecule has 1 N–H and O–H groups in total. The van der Waals surface area contributed by atoms with Gasteiger partial charge in [-0.15, -0.1) is 0 Å². The molecule has 0 saturated carbocycles. The molecule has 1 aromatic carbocycles. The van der Waals surface area contributed by atoms with Gasteiger partial charge in [0.15, 0.2) is 0 Å². The number of rotatable bonds is 1. The number of hydrogen-bond donors (Lipinski definition) is 1. The fraction of sp³-hybridized carbons (Fsp3) is 0.579. The molecule has 0 aromatic heterocycles. The summed E-state index contributed by atoms with van der Waals surface area (Å²) in [7, 11) is 3.39. The average molecular weight is 361 g/mol. The highest BCUT2D eigenvalue weighted by atomic mass is 16.6. The van der Waals surface area contributed by atoms with Gasteiger partial charge in [0.1, 0.15) is 17.0 Å². The van der Waals surface area contributed by atoms with Crippen molar-refractivity contribution in [1.29, 1.82) is 0 Å². The molecule has 0 bridgehead atoms. The van der Waals surface area contributed by atoms with Gasteiger partial charge in [0.05, 0.1) is 12.7 Å². The molecule has 7 nitrogen and oxygen atoms in total. The minimum atomic E-state index is -0.514. The molecule has 26 heavy (non-hydrogen) atoms. The van der Waals surface area contributed by atoms with Crippen LogP contribution in [0.15, 0.2) is 18.2 Å². The van der Waals surface area contributed by atoms with Gasteiger partial charge in [-0.25, -0.2) is 4.79 Å². The summed E-state index contributed by atoms with van der Waals surface area (Å²) in [5.74, 6) is 0.617. The van der Waals surface area contributed by atoms with E-state index in [2.05, 4.69) is 5.32 Å². The van der Waals surface area contributed by atoms with E-state index < -0.39 is 11.3 Å². The fourth-order valence-electron chi connectivity index (χ4n) is 3.49. The number of ether oxygens (including phenoxy) is 2. The molecule has 7 heteroatoms. The topological polar surface area (TPSA) is 71.1 Å². The van der Waals surface area contributed by atoms with Crippen LogP contribution >= 0.6 is 0 Å². The Morgan fingerprint density at radius 1 is 1.23 bits per heavy atom. The van der Waals surface area contributed by atoms with Crippen LogP contribution in [0, 0.1) is 0 Å². The maximum Gasteiger partial charge on any atom is 0.410 e. The van der Waals surface area contributed by atoms with Crippen molar-refractivity contribution < 1.29 is 19.1 Å². The summed E-state index contributed by atoms with van der Waals surface area (Å²) in [6.07, 6.45) is 0.974. The van der Waals surface area contributed by atoms with E-state index in [0.29, 0.717) is 37.2 Å². The normalized spacial score (nSPS) is 19.0. The van der Waals surface area contributed by atoms with Crippen LogP contribution in [0.2, 0.25) is 0 Å². The first-order chi connectivity index (χ1) is 12.1. The number of hydrogen-bond acceptors (Lipinski definition) is 5. The second kappa shape index (κ2) is 6.37. The van der Waals surface area contributed by atoms with E-state index in [4.69, 9.17) is 9.47 Å². The monoisotopic (exact) mass is 361 g/mol. The predicted molar refractivity (Wildman–Crippen MR) is 98.5 cm³/mol. The molecule has 2 aliphatic rings. The predicted octanol–water partition coefficient (Wildman–Crippen LogP) is 2.92. The SMILES string of the molecule is COc1ccc2c(c1)C(=O)N(C)C1(CCN(C(=O)OC(C)(C)C)CC1)N2. The summed E-state index contributed by atoms with van der Waals surface area (Å²) >= 11 is 0. The third-order valence-electron chi connectivity index (χ3n) is 5.01. The largest absolute Gasteiger partial charge is 0.497 e. The number of methoxy groups -OCH3 is 1. The fourth-order valence-corrected chi connectivity index (χ4v) is 3.49. The molecule has 0 radical (unpaired) electrons. The number of anilines is 1. The third-order valence-corrected chi connectivity index (χ3v) is 5.01. The molecule has 2 heterocycles. The molecule has 2 aliphatic heterocycles. The number of carbonyl (C=O) groups is 2. The molecule has 0 atom stereocenters. The van der Waals surface area contributed by atoms with Gasteiger partial charge in [-0.1, -0.05) is 0 Å². The van der Waals surface area contributed by atoms with Gasteiger partial charge in [-0.3, -0.25) is 4.79 Å². The molecule has 0 unspecified atom stereocenters. The second-order valence-electron chi connectivity index (χ2n) is 7.90. The number of nitrogens with one attached hydrogen (secondary N) is 1. The summed E-state index contributed by atoms with van der Waals surface area (Å²) in [5, 5.41) is 3.52. The van der Waals surface area contributed by atoms with Gasteiger partial charge in [-0.05, 0) is 39.0 Å². The van der Waals surface area contributed by atoms with Crippen molar-refractivity contribution in [2.24, 2.45) is 0 Å². The number of carbonyl (C=O) groups excluding carboxylic acids is 2. The Hall–Kier alpha value is -2.44. The Kier molecular flexibility index (Phi) is 4.50. The first kappa shape index (κ1) is 18.4. The van der Waals surface area contributed by atoms with Crippen LogP contribution in [0.1, 0.15) is 44.0 Å². The van der Waals surface area contributed by atoms with Crippen LogP contribution in [0.25, 0.3) is 0 Å². The Morgan fingerprint density at radius 2 is 1.88 bits per heavy atom. The Labute approximate surface area is 154 Å². The van der Waals surface area contributed by atoms with Crippen LogP contribution < -0.4 is 10.1 Å². The molecule has 2 amide bonds. The lowest BCUT2D eigenvalue weighted by molar-refractivity contribution is 0.00534. The van der Waals surface area contributed by atoms with Gasteiger partial charge >= 0.3 is 6.09 Å². The first-order valence-corrected chi connectivity index (χ1v) is 8.87. The van der Waals surface area contributed by atoms with E-state index in [9.17, 15) is 9.59 Å². The summed E-state index contributed by atoms with van der Waals surface area (Å²) in [6.45, 7) is 6.64. The van der Waals surface area contributed by atoms with Crippen molar-refractivity contribution in [2.75, 3.05) is 32.6 Å². The standard InChI is InChI=1S/C19H27N3O4/c1-18(2,3)26-17(24)22-10-8-19(9-11-22)20-15-7-6-13(25-5)12-14(15)16(23)21(19)4/h6-7,12,20H,8-11H2,1-5H3. The molecule has 0 aliphatic carbocycles. The van der Waals surface area contributed by atoms with Crippen molar-refractivity contribution in [2.45, 2.75) is 44.9 Å². The van der Waals surface area contributed by atoms with Crippen molar-refractivity contribution in [3.8, 4) is 5.75 Å². The molecule has 1 aromatic rings. The van der Waals surface area contributed by atoms with Gasteiger partial charge in [-0.2, -0.15) is 0 Å². The molecule has 142 valence electrons. The smallest absolute Gasteiger partial charge is 0.410 e. The number of piperidine rings is 1. The maximum absolute atomic E-state index is 12.9. The van der Waals surface area contributed by atoms with E-state index >= 15 is 0 Å². The van der Waals surface area contributed by atoms with E-state index in [1.54, 1.807) is 30.0 Å². The average Bonchev–Trinajstić information content (AvgIpc) is 2.59. The highest BCUT2D eigenvalue weighted by molar-refractivity contribution is 6.02. The van der Waals surface area contributed by atoms with E-state index in [0.717, 1.165) is 5.69 Å². The maximum atomic E-state index is 12.9. The van der Waals surface area contributed by atoms with Gasteiger partial charge in [0.25, 0.3) is 5.91 Å². The van der Waals surface area contributed by atoms with E-state index in [1.165, 1.54) is 0 Å². The van der Waals surface area contributed by atoms with Crippen molar-refractivity contribution in [3.63, 3.8) is 0 Å². The highest BCUT2D eigenvalue weighted by Crippen LogP contribution is 2.38. The van der Waals surface area contributed by atoms with Gasteiger partial charge < -0.3 is 24.6 Å². The van der Waals surface area contributed by atoms with Crippen LogP contribution in [-0.2, 0) is 4.74 Å². The quantitative estimate of drug-likeness (QED) is 0.833. The highest BCUT2D eigenvalue weighted by Gasteiger charge is 2.45. The molecule has 1 saturated heterocycles. The summed E-state index contributed by atoms with van der Waals surface area (Å²) in [6, 6.07) is 5.47. The van der Waals surface area contributed by atoms with Crippen LogP contribution in [-0.4, -0.2) is 60.3 Å². The van der Waals surface area contributed by atoms with Crippen molar-refractivity contribution in [1.82, 2.24) is 9.80 Å². The van der Waals surface area contributed by atoms with E-state index in [-0.39, 0.29) is 12.0 Å². The van der Waals surface area contributed by atoms with Crippen molar-refractivity contribution >= 4 is 17.7 Å². The van der Waals surface area contributed by atoms with Gasteiger partial charge in [0.2, 0.25) is 0 Å². The zero-order chi connectivity index (χ0) is 19.1. The lowest BCUT2D eigenvalue weighted by Gasteiger charge is -2.50. The Morgan fingerprint density at radius 3 is 2.46 bits per heavy atom. The number of amides is 2. The van der Waals surface area contributed by atoms with Crippen LogP contribution in [0.5, 0.6) is 5.75 Å². The Balaban J connectivity index is 1.76. The summed E-state index contributed by atoms with van der Waals surface area (Å²) in [4.78, 5) is 28.6. The van der Waals surface area contributed by atoms with Gasteiger partial charge in [0, 0.05) is 38.7 Å². The lowest BCUT2D eigenvalue weighted by atomic mass is 9.90. The third kappa shape index (κ3) is 3.30. The second-order valence-corrected chi connectivity index (χ2v) is 7.90. The zero-order valence-corrected chi connectivity index (χ0v) is 16.1. The number of fused-ring (bicyclic) bond motifs is 1. The summed E-state index contributed by atoms with van der Waals surface area (Å²) < 4.78 is 10.7. The lowest BCUT2D eigenvalue weighted by Crippen LogP contribution is -2.63. The van der Waals surface area contributed by atoms with E-state index in [1.807, 2.05) is 32.9 Å². The Bertz CT molecular complexity index is 718. The minimum Gasteiger partial charge on any atom is -0.497 e. The molecular formula is C19H27N3O4. The number of benzene rings is 1. The van der Waals surface area contributed by atoms with Crippen LogP contribution in [0.3, 0.4) is 0 Å². The molecule has 1 fully saturated rings. The number of likely N-dealkylation sites (tertiary alicyclic amines) is 1. The molecule has 1 spiro atoms. The van der Waals surface area contributed by atoms with Crippen LogP contribution in [0.4, 0.5) is 10.5 Å².